The number of nitrogens with one attached hydrogen (secondary N) is 1. The van der Waals surface area contributed by atoms with Crippen LogP contribution in [0.25, 0.3) is 0 Å². The third kappa shape index (κ3) is 1.91. The van der Waals surface area contributed by atoms with Gasteiger partial charge in [0.05, 0.1) is 0 Å². The molecule has 0 aliphatic heterocycles. The lowest BCUT2D eigenvalue weighted by Gasteiger charge is -2.22. The predicted molar refractivity (Wildman–Crippen MR) is 34.5 cm³/mol. The van der Waals surface area contributed by atoms with Crippen molar-refractivity contribution in [3.05, 3.63) is 0 Å². The summed E-state index contributed by atoms with van der Waals surface area (Å²) in [6.07, 6.45) is 2.55. The second kappa shape index (κ2) is 3.13. The topological polar surface area (TPSA) is 38.0 Å². The molecule has 3 heteroatoms. The Kier molecular flexibility index (Phi) is 2.42. The fraction of sp³-hybridized carbons (Fsp3) is 1.00. The fourth-order valence-corrected chi connectivity index (χ4v) is 1.22. The third-order valence-electron chi connectivity index (χ3n) is 1.89. The van der Waals surface area contributed by atoms with Gasteiger partial charge in [-0.2, -0.15) is 0 Å². The highest BCUT2D eigenvalue weighted by molar-refractivity contribution is 4.74. The quantitative estimate of drug-likeness (QED) is 0.407. The Morgan fingerprint density at radius 1 is 1.22 bits per heavy atom. The summed E-state index contributed by atoms with van der Waals surface area (Å²) in [6.45, 7) is 0. The van der Waals surface area contributed by atoms with Crippen molar-refractivity contribution >= 4 is 0 Å². The minimum Gasteiger partial charge on any atom is -0.271 e. The Bertz CT molecular complexity index is 79.1. The van der Waals surface area contributed by atoms with Crippen molar-refractivity contribution < 1.29 is 4.39 Å². The smallest absolute Gasteiger partial charge is 0.100 e. The average Bonchev–Trinajstić information content (AvgIpc) is 1.90. The molecule has 54 valence electrons. The highest BCUT2D eigenvalue weighted by Gasteiger charge is 2.18. The molecule has 0 spiro atoms. The lowest BCUT2D eigenvalue weighted by atomic mass is 9.95. The first-order valence-corrected chi connectivity index (χ1v) is 3.43. The third-order valence-corrected chi connectivity index (χ3v) is 1.89. The monoisotopic (exact) mass is 132 g/mol. The summed E-state index contributed by atoms with van der Waals surface area (Å²) in [7, 11) is 0. The van der Waals surface area contributed by atoms with Gasteiger partial charge in [-0.1, -0.05) is 0 Å². The van der Waals surface area contributed by atoms with Crippen molar-refractivity contribution in [3.63, 3.8) is 0 Å². The van der Waals surface area contributed by atoms with Crippen molar-refractivity contribution in [2.45, 2.75) is 37.9 Å². The molecule has 0 saturated heterocycles. The van der Waals surface area contributed by atoms with Crippen LogP contribution in [-0.2, 0) is 0 Å². The van der Waals surface area contributed by atoms with Crippen molar-refractivity contribution in [2.75, 3.05) is 0 Å². The lowest BCUT2D eigenvalue weighted by Crippen LogP contribution is -2.38. The van der Waals surface area contributed by atoms with Gasteiger partial charge in [-0.05, 0) is 25.7 Å². The molecule has 1 saturated carbocycles. The minimum absolute atomic E-state index is 0.358. The van der Waals surface area contributed by atoms with Gasteiger partial charge in [0.2, 0.25) is 0 Å². The molecule has 1 fully saturated rings. The summed E-state index contributed by atoms with van der Waals surface area (Å²) in [4.78, 5) is 0. The van der Waals surface area contributed by atoms with Crippen LogP contribution in [0.3, 0.4) is 0 Å². The second-order valence-electron chi connectivity index (χ2n) is 2.62. The van der Waals surface area contributed by atoms with Crippen LogP contribution in [0.5, 0.6) is 0 Å². The number of halogens is 1. The number of nitrogens with two attached hydrogens (primary N) is 1. The van der Waals surface area contributed by atoms with Crippen molar-refractivity contribution in [1.82, 2.24) is 5.43 Å². The van der Waals surface area contributed by atoms with E-state index in [9.17, 15) is 4.39 Å². The van der Waals surface area contributed by atoms with E-state index in [4.69, 9.17) is 5.84 Å². The van der Waals surface area contributed by atoms with Crippen molar-refractivity contribution in [3.8, 4) is 0 Å². The lowest BCUT2D eigenvalue weighted by molar-refractivity contribution is 0.221. The van der Waals surface area contributed by atoms with E-state index in [1.807, 2.05) is 0 Å². The minimum atomic E-state index is -0.574. The summed E-state index contributed by atoms with van der Waals surface area (Å²) in [5, 5.41) is 0. The van der Waals surface area contributed by atoms with E-state index in [-0.39, 0.29) is 0 Å². The van der Waals surface area contributed by atoms with Crippen molar-refractivity contribution in [2.24, 2.45) is 5.84 Å². The van der Waals surface area contributed by atoms with E-state index < -0.39 is 6.17 Å². The zero-order chi connectivity index (χ0) is 6.69. The summed E-state index contributed by atoms with van der Waals surface area (Å²) in [5.74, 6) is 5.18. The van der Waals surface area contributed by atoms with Gasteiger partial charge in [-0.15, -0.1) is 0 Å². The Balaban J connectivity index is 2.18. The molecule has 3 N–H and O–H groups in total. The summed E-state index contributed by atoms with van der Waals surface area (Å²) >= 11 is 0. The molecule has 0 bridgehead atoms. The van der Waals surface area contributed by atoms with Crippen LogP contribution in [0.1, 0.15) is 25.7 Å². The molecule has 0 amide bonds. The van der Waals surface area contributed by atoms with Gasteiger partial charge in [-0.25, -0.2) is 4.39 Å². The van der Waals surface area contributed by atoms with Gasteiger partial charge in [0.25, 0.3) is 0 Å². The van der Waals surface area contributed by atoms with Gasteiger partial charge >= 0.3 is 0 Å². The molecule has 0 atom stereocenters. The summed E-state index contributed by atoms with van der Waals surface area (Å²) in [5.41, 5.74) is 2.66. The number of rotatable bonds is 1. The first-order valence-electron chi connectivity index (χ1n) is 3.43. The second-order valence-corrected chi connectivity index (χ2v) is 2.62. The molecule has 0 unspecified atom stereocenters. The number of hydrogen-bond donors (Lipinski definition) is 2. The van der Waals surface area contributed by atoms with Crippen LogP contribution in [0.4, 0.5) is 4.39 Å². The van der Waals surface area contributed by atoms with Crippen LogP contribution in [0.15, 0.2) is 0 Å². The molecule has 9 heavy (non-hydrogen) atoms. The molecule has 2 nitrogen and oxygen atoms in total. The molecular formula is C6H13FN2. The van der Waals surface area contributed by atoms with E-state index in [1.165, 1.54) is 0 Å². The Morgan fingerprint density at radius 2 is 1.78 bits per heavy atom. The van der Waals surface area contributed by atoms with Crippen LogP contribution >= 0.6 is 0 Å². The first kappa shape index (κ1) is 6.96. The maximum absolute atomic E-state index is 12.4. The molecule has 1 aliphatic carbocycles. The van der Waals surface area contributed by atoms with Gasteiger partial charge in [0, 0.05) is 6.04 Å². The molecular weight excluding hydrogens is 119 g/mol. The van der Waals surface area contributed by atoms with Gasteiger partial charge in [-0.3, -0.25) is 11.3 Å². The van der Waals surface area contributed by atoms with Crippen molar-refractivity contribution in [1.29, 1.82) is 0 Å². The molecule has 0 aromatic carbocycles. The van der Waals surface area contributed by atoms with E-state index in [1.54, 1.807) is 0 Å². The Labute approximate surface area is 54.6 Å². The molecule has 1 aliphatic rings. The summed E-state index contributed by atoms with van der Waals surface area (Å²) in [6, 6.07) is 0.358. The maximum atomic E-state index is 12.4. The van der Waals surface area contributed by atoms with Crippen LogP contribution < -0.4 is 11.3 Å². The zero-order valence-corrected chi connectivity index (χ0v) is 5.44. The standard InChI is InChI=1S/C6H13FN2/c7-5-1-3-6(9-8)4-2-5/h5-6,9H,1-4,8H2. The highest BCUT2D eigenvalue weighted by atomic mass is 19.1. The molecule has 0 aromatic rings. The Morgan fingerprint density at radius 3 is 2.22 bits per heavy atom. The zero-order valence-electron chi connectivity index (χ0n) is 5.44. The van der Waals surface area contributed by atoms with E-state index in [0.29, 0.717) is 18.9 Å². The molecule has 0 aromatic heterocycles. The van der Waals surface area contributed by atoms with E-state index in [0.717, 1.165) is 12.8 Å². The van der Waals surface area contributed by atoms with Gasteiger partial charge in [0.15, 0.2) is 0 Å². The molecule has 1 rings (SSSR count). The van der Waals surface area contributed by atoms with Crippen LogP contribution in [-0.4, -0.2) is 12.2 Å². The van der Waals surface area contributed by atoms with E-state index >= 15 is 0 Å². The maximum Gasteiger partial charge on any atom is 0.100 e. The van der Waals surface area contributed by atoms with Gasteiger partial charge < -0.3 is 0 Å². The first-order chi connectivity index (χ1) is 4.33. The highest BCUT2D eigenvalue weighted by Crippen LogP contribution is 2.19. The number of alkyl halides is 1. The average molecular weight is 132 g/mol. The largest absolute Gasteiger partial charge is 0.271 e. The SMILES string of the molecule is NNC1CCC(F)CC1. The van der Waals surface area contributed by atoms with E-state index in [2.05, 4.69) is 5.43 Å². The predicted octanol–water partition coefficient (Wildman–Crippen LogP) is 0.730. The summed E-state index contributed by atoms with van der Waals surface area (Å²) < 4.78 is 12.4. The number of hydrogen-bond acceptors (Lipinski definition) is 2. The van der Waals surface area contributed by atoms with Crippen LogP contribution in [0.2, 0.25) is 0 Å². The van der Waals surface area contributed by atoms with Crippen LogP contribution in [0, 0.1) is 0 Å². The normalized spacial score (nSPS) is 36.7. The fourth-order valence-electron chi connectivity index (χ4n) is 1.22. The molecule has 0 heterocycles. The molecule has 0 radical (unpaired) electrons. The Hall–Kier alpha value is -0.150. The van der Waals surface area contributed by atoms with Gasteiger partial charge in [0.1, 0.15) is 6.17 Å². The number of hydrazine groups is 1.